The molecule has 6 nitrogen and oxygen atoms in total. The van der Waals surface area contributed by atoms with Crippen molar-refractivity contribution in [1.82, 2.24) is 0 Å². The Kier molecular flexibility index (Phi) is 1.30. The average Bonchev–Trinajstić information content (AvgIpc) is 2.18. The first-order valence-corrected chi connectivity index (χ1v) is 4.87. The van der Waals surface area contributed by atoms with Crippen LogP contribution in [0.4, 0.5) is 0 Å². The Morgan fingerprint density at radius 2 is 1.12 bits per heavy atom. The van der Waals surface area contributed by atoms with Crippen molar-refractivity contribution in [2.45, 2.75) is 13.8 Å². The van der Waals surface area contributed by atoms with Gasteiger partial charge in [-0.05, 0) is 13.8 Å². The Hall–Kier alpha value is -1.72. The van der Waals surface area contributed by atoms with Gasteiger partial charge in [0.2, 0.25) is 0 Å². The average molecular weight is 224 g/mol. The number of esters is 4. The monoisotopic (exact) mass is 224 g/mol. The Morgan fingerprint density at radius 1 is 0.812 bits per heavy atom. The molecule has 3 aliphatic rings. The summed E-state index contributed by atoms with van der Waals surface area (Å²) in [7, 11) is 0. The first kappa shape index (κ1) is 9.50. The zero-order chi connectivity index (χ0) is 11.9. The zero-order valence-corrected chi connectivity index (χ0v) is 8.60. The van der Waals surface area contributed by atoms with E-state index in [4.69, 9.17) is 0 Å². The van der Waals surface area contributed by atoms with Crippen LogP contribution in [0.15, 0.2) is 0 Å². The van der Waals surface area contributed by atoms with E-state index >= 15 is 0 Å². The second-order valence-electron chi connectivity index (χ2n) is 4.78. The van der Waals surface area contributed by atoms with Crippen molar-refractivity contribution >= 4 is 23.9 Å². The van der Waals surface area contributed by atoms with Crippen molar-refractivity contribution in [3.63, 3.8) is 0 Å². The number of rotatable bonds is 0. The molecule has 1 saturated carbocycles. The van der Waals surface area contributed by atoms with E-state index in [9.17, 15) is 19.2 Å². The van der Waals surface area contributed by atoms with E-state index < -0.39 is 46.5 Å². The minimum absolute atomic E-state index is 0.800. The third-order valence-corrected chi connectivity index (χ3v) is 4.40. The highest BCUT2D eigenvalue weighted by Crippen LogP contribution is 2.70. The molecule has 3 rings (SSSR count). The van der Waals surface area contributed by atoms with Crippen molar-refractivity contribution in [3.05, 3.63) is 0 Å². The van der Waals surface area contributed by atoms with Crippen LogP contribution in [0.25, 0.3) is 0 Å². The highest BCUT2D eigenvalue weighted by atomic mass is 16.6. The quantitative estimate of drug-likeness (QED) is 0.404. The number of carbonyl (C=O) groups excluding carboxylic acids is 4. The molecule has 0 N–H and O–H groups in total. The van der Waals surface area contributed by atoms with Crippen molar-refractivity contribution in [3.8, 4) is 0 Å². The summed E-state index contributed by atoms with van der Waals surface area (Å²) in [5.74, 6) is -4.96. The van der Waals surface area contributed by atoms with Gasteiger partial charge in [-0.2, -0.15) is 0 Å². The largest absolute Gasteiger partial charge is 0.392 e. The van der Waals surface area contributed by atoms with Gasteiger partial charge in [0.25, 0.3) is 0 Å². The minimum atomic E-state index is -1.25. The summed E-state index contributed by atoms with van der Waals surface area (Å²) in [6.07, 6.45) is 0. The molecule has 1 aliphatic carbocycles. The molecule has 4 bridgehead atoms. The lowest BCUT2D eigenvalue weighted by Gasteiger charge is -2.65. The van der Waals surface area contributed by atoms with Crippen molar-refractivity contribution in [2.24, 2.45) is 22.7 Å². The van der Waals surface area contributed by atoms with E-state index in [1.165, 1.54) is 13.8 Å². The molecular formula is C10H8O6. The van der Waals surface area contributed by atoms with Crippen LogP contribution in [0, 0.1) is 22.7 Å². The molecule has 84 valence electrons. The second-order valence-corrected chi connectivity index (χ2v) is 4.78. The van der Waals surface area contributed by atoms with Gasteiger partial charge in [0, 0.05) is 0 Å². The summed E-state index contributed by atoms with van der Waals surface area (Å²) >= 11 is 0. The Balaban J connectivity index is 2.25. The van der Waals surface area contributed by atoms with E-state index in [-0.39, 0.29) is 0 Å². The van der Waals surface area contributed by atoms with E-state index in [1.807, 2.05) is 0 Å². The van der Waals surface area contributed by atoms with Crippen LogP contribution in [0.1, 0.15) is 13.8 Å². The maximum Gasteiger partial charge on any atom is 0.321 e. The predicted molar refractivity (Wildman–Crippen MR) is 45.4 cm³/mol. The molecule has 0 aromatic carbocycles. The maximum absolute atomic E-state index is 11.7. The van der Waals surface area contributed by atoms with Crippen LogP contribution in [0.5, 0.6) is 0 Å². The summed E-state index contributed by atoms with van der Waals surface area (Å²) in [6.45, 7) is 2.95. The number of cyclic esters (lactones) is 4. The van der Waals surface area contributed by atoms with Crippen molar-refractivity contribution in [2.75, 3.05) is 0 Å². The molecular weight excluding hydrogens is 216 g/mol. The van der Waals surface area contributed by atoms with E-state index in [1.54, 1.807) is 0 Å². The minimum Gasteiger partial charge on any atom is -0.392 e. The van der Waals surface area contributed by atoms with Gasteiger partial charge in [0.1, 0.15) is 0 Å². The summed E-state index contributed by atoms with van der Waals surface area (Å²) in [5, 5.41) is 0. The summed E-state index contributed by atoms with van der Waals surface area (Å²) < 4.78 is 9.02. The molecule has 0 amide bonds. The third-order valence-electron chi connectivity index (χ3n) is 4.40. The zero-order valence-electron chi connectivity index (χ0n) is 8.60. The summed E-state index contributed by atoms with van der Waals surface area (Å²) in [4.78, 5) is 46.3. The molecule has 2 heterocycles. The van der Waals surface area contributed by atoms with E-state index in [2.05, 4.69) is 9.47 Å². The SMILES string of the molecule is CC12C(=O)OC(=O)C3C1C(=O)OC(=O)C32C. The van der Waals surface area contributed by atoms with E-state index in [0.717, 1.165) is 0 Å². The molecule has 3 fully saturated rings. The molecule has 6 heteroatoms. The number of carbonyl (C=O) groups is 4. The van der Waals surface area contributed by atoms with Crippen LogP contribution in [0.2, 0.25) is 0 Å². The Morgan fingerprint density at radius 3 is 1.44 bits per heavy atom. The van der Waals surface area contributed by atoms with Gasteiger partial charge in [-0.15, -0.1) is 0 Å². The normalized spacial score (nSPS) is 49.4. The fourth-order valence-electron chi connectivity index (χ4n) is 3.16. The molecule has 4 atom stereocenters. The van der Waals surface area contributed by atoms with Gasteiger partial charge in [0.15, 0.2) is 0 Å². The number of hydrogen-bond donors (Lipinski definition) is 0. The highest BCUT2D eigenvalue weighted by molar-refractivity contribution is 6.14. The van der Waals surface area contributed by atoms with Crippen molar-refractivity contribution in [1.29, 1.82) is 0 Å². The molecule has 0 aromatic rings. The first-order valence-electron chi connectivity index (χ1n) is 4.87. The fourth-order valence-corrected chi connectivity index (χ4v) is 3.16. The van der Waals surface area contributed by atoms with Crippen LogP contribution in [-0.4, -0.2) is 23.9 Å². The summed E-state index contributed by atoms with van der Waals surface area (Å²) in [6, 6.07) is 0. The van der Waals surface area contributed by atoms with E-state index in [0.29, 0.717) is 0 Å². The van der Waals surface area contributed by atoms with Crippen LogP contribution in [0.3, 0.4) is 0 Å². The molecule has 0 spiro atoms. The number of hydrogen-bond acceptors (Lipinski definition) is 6. The Bertz CT molecular complexity index is 436. The van der Waals surface area contributed by atoms with Crippen LogP contribution < -0.4 is 0 Å². The smallest absolute Gasteiger partial charge is 0.321 e. The molecule has 2 aliphatic heterocycles. The lowest BCUT2D eigenvalue weighted by molar-refractivity contribution is -0.271. The number of fused-ring (bicyclic) bond motifs is 1. The lowest BCUT2D eigenvalue weighted by atomic mass is 9.37. The lowest BCUT2D eigenvalue weighted by Crippen LogP contribution is -2.80. The Labute approximate surface area is 89.9 Å². The molecule has 4 unspecified atom stereocenters. The first-order chi connectivity index (χ1) is 7.35. The van der Waals surface area contributed by atoms with Gasteiger partial charge in [-0.3, -0.25) is 19.2 Å². The molecule has 2 saturated heterocycles. The van der Waals surface area contributed by atoms with Crippen LogP contribution >= 0.6 is 0 Å². The van der Waals surface area contributed by atoms with Gasteiger partial charge in [-0.25, -0.2) is 0 Å². The highest BCUT2D eigenvalue weighted by Gasteiger charge is 2.86. The maximum atomic E-state index is 11.7. The van der Waals surface area contributed by atoms with Gasteiger partial charge >= 0.3 is 23.9 Å². The van der Waals surface area contributed by atoms with Gasteiger partial charge in [0.05, 0.1) is 22.7 Å². The predicted octanol–water partition coefficient (Wildman–Crippen LogP) is -0.588. The van der Waals surface area contributed by atoms with Crippen molar-refractivity contribution < 1.29 is 28.7 Å². The van der Waals surface area contributed by atoms with Crippen LogP contribution in [-0.2, 0) is 28.7 Å². The fraction of sp³-hybridized carbons (Fsp3) is 0.600. The standard InChI is InChI=1S/C10H8O6/c1-9-3-4(6(12)15-7(9)13)10(9,2)8(14)16-5(3)11/h3-4H,1-2H3. The molecule has 0 radical (unpaired) electrons. The molecule has 16 heavy (non-hydrogen) atoms. The number of ether oxygens (including phenoxy) is 2. The van der Waals surface area contributed by atoms with Gasteiger partial charge < -0.3 is 9.47 Å². The molecule has 0 aromatic heterocycles. The second kappa shape index (κ2) is 2.18. The topological polar surface area (TPSA) is 86.7 Å². The summed E-state index contributed by atoms with van der Waals surface area (Å²) in [5.41, 5.74) is -2.50. The third kappa shape index (κ3) is 0.594. The van der Waals surface area contributed by atoms with Gasteiger partial charge in [-0.1, -0.05) is 0 Å².